The summed E-state index contributed by atoms with van der Waals surface area (Å²) in [7, 11) is 0. The lowest BCUT2D eigenvalue weighted by Crippen LogP contribution is -2.46. The fourth-order valence-electron chi connectivity index (χ4n) is 8.42. The van der Waals surface area contributed by atoms with E-state index in [0.29, 0.717) is 19.3 Å². The van der Waals surface area contributed by atoms with Crippen LogP contribution >= 0.6 is 0 Å². The highest BCUT2D eigenvalue weighted by Gasteiger charge is 2.24. The summed E-state index contributed by atoms with van der Waals surface area (Å²) in [4.78, 5) is 26.2. The van der Waals surface area contributed by atoms with Crippen molar-refractivity contribution in [1.29, 1.82) is 0 Å². The normalized spacial score (nSPS) is 13.5. The molecule has 6 nitrogen and oxygen atoms in total. The third-order valence-electron chi connectivity index (χ3n) is 12.7. The Kier molecular flexibility index (Phi) is 50.0. The van der Waals surface area contributed by atoms with Crippen LogP contribution in [0.25, 0.3) is 0 Å². The van der Waals surface area contributed by atoms with E-state index in [1.165, 1.54) is 167 Å². The SMILES string of the molecule is CCCCCCCC/C=C\C/C=C/CCC(=O)OC(CCCCC/C=C/C=C/CCCCCCCCC)CC(=O)NC(CO)C(O)CCCCCCCCCCCCCCCCCC. The summed E-state index contributed by atoms with van der Waals surface area (Å²) in [6, 6.07) is -0.721. The molecule has 6 heteroatoms. The first kappa shape index (κ1) is 61.8. The topological polar surface area (TPSA) is 95.9 Å². The predicted octanol–water partition coefficient (Wildman–Crippen LogP) is 17.0. The van der Waals surface area contributed by atoms with E-state index in [1.54, 1.807) is 0 Å². The van der Waals surface area contributed by atoms with Gasteiger partial charge in [-0.3, -0.25) is 9.59 Å². The third-order valence-corrected chi connectivity index (χ3v) is 12.7. The van der Waals surface area contributed by atoms with Crippen LogP contribution in [0.2, 0.25) is 0 Å². The number of hydrogen-bond acceptors (Lipinski definition) is 5. The molecule has 0 aliphatic rings. The maximum Gasteiger partial charge on any atom is 0.306 e. The Morgan fingerprint density at radius 1 is 0.469 bits per heavy atom. The Labute approximate surface area is 397 Å². The number of ether oxygens (including phenoxy) is 1. The molecule has 3 N–H and O–H groups in total. The van der Waals surface area contributed by atoms with Crippen molar-refractivity contribution < 1.29 is 24.5 Å². The lowest BCUT2D eigenvalue weighted by molar-refractivity contribution is -0.150. The van der Waals surface area contributed by atoms with Gasteiger partial charge in [0.2, 0.25) is 5.91 Å². The molecule has 3 unspecified atom stereocenters. The molecule has 0 aliphatic carbocycles. The highest BCUT2D eigenvalue weighted by molar-refractivity contribution is 5.77. The van der Waals surface area contributed by atoms with Crippen molar-refractivity contribution >= 4 is 11.9 Å². The van der Waals surface area contributed by atoms with Gasteiger partial charge in [-0.05, 0) is 70.6 Å². The van der Waals surface area contributed by atoms with Crippen LogP contribution in [-0.4, -0.2) is 46.9 Å². The number of hydrogen-bond donors (Lipinski definition) is 3. The number of aliphatic hydroxyl groups is 2. The van der Waals surface area contributed by atoms with E-state index in [9.17, 15) is 19.8 Å². The number of unbranched alkanes of at least 4 members (excludes halogenated alkanes) is 31. The predicted molar refractivity (Wildman–Crippen MR) is 278 cm³/mol. The van der Waals surface area contributed by atoms with Crippen molar-refractivity contribution in [2.24, 2.45) is 0 Å². The molecule has 0 aromatic rings. The van der Waals surface area contributed by atoms with Crippen LogP contribution in [0.1, 0.15) is 284 Å². The maximum atomic E-state index is 13.2. The Bertz CT molecular complexity index is 1100. The molecule has 0 aliphatic heterocycles. The van der Waals surface area contributed by atoms with Gasteiger partial charge in [-0.1, -0.05) is 249 Å². The molecule has 0 aromatic heterocycles. The number of rotatable bonds is 50. The molecule has 0 aromatic carbocycles. The van der Waals surface area contributed by atoms with E-state index in [1.807, 2.05) is 6.08 Å². The van der Waals surface area contributed by atoms with E-state index >= 15 is 0 Å². The van der Waals surface area contributed by atoms with E-state index in [0.717, 1.165) is 64.2 Å². The van der Waals surface area contributed by atoms with Crippen LogP contribution in [0.3, 0.4) is 0 Å². The summed E-state index contributed by atoms with van der Waals surface area (Å²) < 4.78 is 5.90. The second-order valence-corrected chi connectivity index (χ2v) is 19.0. The third kappa shape index (κ3) is 46.4. The van der Waals surface area contributed by atoms with Crippen LogP contribution in [-0.2, 0) is 14.3 Å². The van der Waals surface area contributed by atoms with Gasteiger partial charge >= 0.3 is 5.97 Å². The van der Waals surface area contributed by atoms with Crippen molar-refractivity contribution in [1.82, 2.24) is 5.32 Å². The zero-order valence-electron chi connectivity index (χ0n) is 42.7. The molecule has 0 rings (SSSR count). The Morgan fingerprint density at radius 3 is 1.30 bits per heavy atom. The standard InChI is InChI=1S/C58H107NO5/c1-4-7-10-13-16-19-22-25-27-29-32-34-37-40-43-46-49-54(64-58(63)51-48-45-42-39-36-31-24-21-18-15-12-9-6-3)52-57(62)59-55(53-60)56(61)50-47-44-41-38-35-33-30-28-26-23-20-17-14-11-8-5-2/h27,29,31-32,34,36,42,45,54-56,60-61H,4-26,28,30,33,35,37-41,43-44,46-53H2,1-3H3,(H,59,62)/b29-27+,34-32+,36-31-,45-42+. The summed E-state index contributed by atoms with van der Waals surface area (Å²) in [5, 5.41) is 23.8. The summed E-state index contributed by atoms with van der Waals surface area (Å²) in [5.41, 5.74) is 0. The summed E-state index contributed by atoms with van der Waals surface area (Å²) >= 11 is 0. The Balaban J connectivity index is 4.64. The van der Waals surface area contributed by atoms with E-state index < -0.39 is 18.2 Å². The lowest BCUT2D eigenvalue weighted by Gasteiger charge is -2.24. The van der Waals surface area contributed by atoms with E-state index in [2.05, 4.69) is 68.6 Å². The Hall–Kier alpha value is -2.18. The first-order valence-electron chi connectivity index (χ1n) is 27.9. The average molecular weight is 898 g/mol. The van der Waals surface area contributed by atoms with Gasteiger partial charge < -0.3 is 20.3 Å². The fraction of sp³-hybridized carbons (Fsp3) is 0.828. The lowest BCUT2D eigenvalue weighted by atomic mass is 10.0. The molecule has 0 heterocycles. The summed E-state index contributed by atoms with van der Waals surface area (Å²) in [5.74, 6) is -0.573. The number of amides is 1. The first-order valence-corrected chi connectivity index (χ1v) is 27.9. The minimum absolute atomic E-state index is 0.0384. The zero-order valence-corrected chi connectivity index (χ0v) is 42.7. The van der Waals surface area contributed by atoms with Gasteiger partial charge in [0.1, 0.15) is 6.10 Å². The Morgan fingerprint density at radius 2 is 0.844 bits per heavy atom. The van der Waals surface area contributed by atoms with Crippen LogP contribution in [0.5, 0.6) is 0 Å². The molecule has 1 amide bonds. The fourth-order valence-corrected chi connectivity index (χ4v) is 8.42. The minimum Gasteiger partial charge on any atom is -0.462 e. The quantitative estimate of drug-likeness (QED) is 0.0245. The average Bonchev–Trinajstić information content (AvgIpc) is 3.29. The van der Waals surface area contributed by atoms with Crippen molar-refractivity contribution in [2.75, 3.05) is 6.61 Å². The zero-order chi connectivity index (χ0) is 46.7. The monoisotopic (exact) mass is 898 g/mol. The van der Waals surface area contributed by atoms with Gasteiger partial charge in [0.15, 0.2) is 0 Å². The van der Waals surface area contributed by atoms with Crippen molar-refractivity contribution in [3.63, 3.8) is 0 Å². The van der Waals surface area contributed by atoms with Crippen molar-refractivity contribution in [2.45, 2.75) is 302 Å². The van der Waals surface area contributed by atoms with Gasteiger partial charge in [-0.2, -0.15) is 0 Å². The minimum atomic E-state index is -0.804. The highest BCUT2D eigenvalue weighted by Crippen LogP contribution is 2.17. The number of carbonyl (C=O) groups excluding carboxylic acids is 2. The van der Waals surface area contributed by atoms with Crippen LogP contribution in [0.15, 0.2) is 48.6 Å². The number of allylic oxidation sites excluding steroid dienone is 8. The van der Waals surface area contributed by atoms with Crippen molar-refractivity contribution in [3.05, 3.63) is 48.6 Å². The van der Waals surface area contributed by atoms with Crippen LogP contribution in [0.4, 0.5) is 0 Å². The highest BCUT2D eigenvalue weighted by atomic mass is 16.5. The van der Waals surface area contributed by atoms with Crippen LogP contribution < -0.4 is 5.32 Å². The molecule has 0 radical (unpaired) electrons. The van der Waals surface area contributed by atoms with Gasteiger partial charge in [-0.15, -0.1) is 0 Å². The largest absolute Gasteiger partial charge is 0.462 e. The van der Waals surface area contributed by atoms with Gasteiger partial charge in [-0.25, -0.2) is 0 Å². The molecular formula is C58H107NO5. The smallest absolute Gasteiger partial charge is 0.306 e. The summed E-state index contributed by atoms with van der Waals surface area (Å²) in [6.07, 6.45) is 63.3. The van der Waals surface area contributed by atoms with Gasteiger partial charge in [0.25, 0.3) is 0 Å². The number of carbonyl (C=O) groups is 2. The maximum absolute atomic E-state index is 13.2. The molecule has 0 saturated heterocycles. The molecule has 64 heavy (non-hydrogen) atoms. The molecule has 0 fully saturated rings. The second-order valence-electron chi connectivity index (χ2n) is 19.0. The second kappa shape index (κ2) is 51.8. The molecule has 3 atom stereocenters. The number of nitrogens with one attached hydrogen (secondary N) is 1. The molecule has 0 spiro atoms. The summed E-state index contributed by atoms with van der Waals surface area (Å²) in [6.45, 7) is 6.47. The van der Waals surface area contributed by atoms with E-state index in [-0.39, 0.29) is 31.3 Å². The number of esters is 1. The molecule has 374 valence electrons. The molecular weight excluding hydrogens is 791 g/mol. The first-order chi connectivity index (χ1) is 31.5. The van der Waals surface area contributed by atoms with Crippen molar-refractivity contribution in [3.8, 4) is 0 Å². The van der Waals surface area contributed by atoms with Gasteiger partial charge in [0, 0.05) is 6.42 Å². The van der Waals surface area contributed by atoms with E-state index in [4.69, 9.17) is 4.74 Å². The molecule has 0 saturated carbocycles. The van der Waals surface area contributed by atoms with Gasteiger partial charge in [0.05, 0.1) is 25.2 Å². The van der Waals surface area contributed by atoms with Crippen LogP contribution in [0, 0.1) is 0 Å². The molecule has 0 bridgehead atoms. The number of aliphatic hydroxyl groups excluding tert-OH is 2.